The Balaban J connectivity index is 1.62. The van der Waals surface area contributed by atoms with Gasteiger partial charge in [-0.3, -0.25) is 9.59 Å². The number of thiophene rings is 1. The van der Waals surface area contributed by atoms with Gasteiger partial charge in [0.1, 0.15) is 12.4 Å². The number of fused-ring (bicyclic) bond motifs is 1. The number of carbonyl (C=O) groups excluding carboxylic acids is 2. The van der Waals surface area contributed by atoms with Crippen molar-refractivity contribution in [2.24, 2.45) is 0 Å². The summed E-state index contributed by atoms with van der Waals surface area (Å²) >= 11 is 1.69. The second kappa shape index (κ2) is 9.02. The van der Waals surface area contributed by atoms with Gasteiger partial charge in [-0.15, -0.1) is 11.3 Å². The van der Waals surface area contributed by atoms with Crippen molar-refractivity contribution >= 4 is 23.2 Å². The van der Waals surface area contributed by atoms with Gasteiger partial charge < -0.3 is 9.80 Å². The summed E-state index contributed by atoms with van der Waals surface area (Å²) in [5, 5.41) is 2.04. The highest BCUT2D eigenvalue weighted by molar-refractivity contribution is 7.10. The van der Waals surface area contributed by atoms with E-state index in [0.29, 0.717) is 12.1 Å². The van der Waals surface area contributed by atoms with Crippen LogP contribution in [0.15, 0.2) is 66.0 Å². The molecule has 0 N–H and O–H groups in total. The lowest BCUT2D eigenvalue weighted by atomic mass is 9.93. The molecule has 1 aliphatic heterocycles. The van der Waals surface area contributed by atoms with Gasteiger partial charge in [-0.25, -0.2) is 4.39 Å². The number of benzene rings is 2. The van der Waals surface area contributed by atoms with Crippen LogP contribution < -0.4 is 0 Å². The van der Waals surface area contributed by atoms with Crippen LogP contribution in [0.4, 0.5) is 4.39 Å². The van der Waals surface area contributed by atoms with E-state index in [1.165, 1.54) is 17.0 Å². The molecule has 6 heteroatoms. The Morgan fingerprint density at radius 2 is 1.81 bits per heavy atom. The van der Waals surface area contributed by atoms with Crippen LogP contribution in [0.2, 0.25) is 0 Å². The van der Waals surface area contributed by atoms with Gasteiger partial charge in [0, 0.05) is 23.0 Å². The van der Waals surface area contributed by atoms with Crippen LogP contribution in [0.25, 0.3) is 0 Å². The zero-order valence-corrected chi connectivity index (χ0v) is 18.4. The van der Waals surface area contributed by atoms with E-state index in [2.05, 4.69) is 0 Å². The highest BCUT2D eigenvalue weighted by Crippen LogP contribution is 2.38. The number of rotatable bonds is 5. The molecule has 2 amide bonds. The summed E-state index contributed by atoms with van der Waals surface area (Å²) in [6, 6.07) is 17.0. The van der Waals surface area contributed by atoms with Crippen LogP contribution in [0, 0.1) is 5.82 Å². The Bertz CT molecular complexity index is 1060. The molecular weight excluding hydrogens is 411 g/mol. The molecule has 4 nitrogen and oxygen atoms in total. The van der Waals surface area contributed by atoms with E-state index in [9.17, 15) is 14.0 Å². The largest absolute Gasteiger partial charge is 0.330 e. The molecule has 0 fully saturated rings. The molecule has 160 valence electrons. The summed E-state index contributed by atoms with van der Waals surface area (Å²) in [6.07, 6.45) is 0.782. The highest BCUT2D eigenvalue weighted by atomic mass is 32.1. The summed E-state index contributed by atoms with van der Waals surface area (Å²) in [5.74, 6) is -0.568. The van der Waals surface area contributed by atoms with Gasteiger partial charge in [0.2, 0.25) is 5.91 Å². The van der Waals surface area contributed by atoms with Gasteiger partial charge in [-0.1, -0.05) is 30.3 Å². The van der Waals surface area contributed by atoms with Gasteiger partial charge in [-0.2, -0.15) is 0 Å². The Morgan fingerprint density at radius 1 is 1.10 bits per heavy atom. The molecule has 0 saturated carbocycles. The maximum Gasteiger partial charge on any atom is 0.254 e. The first-order chi connectivity index (χ1) is 15.0. The average molecular weight is 437 g/mol. The third-order valence-corrected chi connectivity index (χ3v) is 6.68. The summed E-state index contributed by atoms with van der Waals surface area (Å²) in [6.45, 7) is 4.40. The van der Waals surface area contributed by atoms with Crippen LogP contribution >= 0.6 is 11.3 Å². The SMILES string of the molecule is CC(C)N(CC(=O)N1CCc2sccc2C1c1ccc(F)cc1)C(=O)c1ccccc1. The van der Waals surface area contributed by atoms with E-state index in [1.807, 2.05) is 48.4 Å². The van der Waals surface area contributed by atoms with E-state index in [-0.39, 0.29) is 36.3 Å². The standard InChI is InChI=1S/C25H25FN2O2S/c1-17(2)28(25(30)19-6-4-3-5-7-19)16-23(29)27-14-12-22-21(13-15-31-22)24(27)18-8-10-20(26)11-9-18/h3-11,13,15,17,24H,12,14,16H2,1-2H3. The maximum atomic E-state index is 13.5. The second-order valence-electron chi connectivity index (χ2n) is 7.98. The number of hydrogen-bond donors (Lipinski definition) is 0. The van der Waals surface area contributed by atoms with Crippen molar-refractivity contribution in [1.82, 2.24) is 9.80 Å². The summed E-state index contributed by atoms with van der Waals surface area (Å²) in [5.41, 5.74) is 2.53. The fraction of sp³-hybridized carbons (Fsp3) is 0.280. The molecular formula is C25H25FN2O2S. The van der Waals surface area contributed by atoms with Gasteiger partial charge in [0.05, 0.1) is 6.04 Å². The fourth-order valence-electron chi connectivity index (χ4n) is 4.06. The van der Waals surface area contributed by atoms with Gasteiger partial charge in [-0.05, 0) is 67.1 Å². The molecule has 1 aliphatic rings. The molecule has 0 spiro atoms. The lowest BCUT2D eigenvalue weighted by molar-refractivity contribution is -0.134. The minimum Gasteiger partial charge on any atom is -0.330 e. The number of nitrogens with zero attached hydrogens (tertiary/aromatic N) is 2. The van der Waals surface area contributed by atoms with Crippen molar-refractivity contribution in [3.05, 3.63) is 93.4 Å². The van der Waals surface area contributed by atoms with Gasteiger partial charge in [0.15, 0.2) is 0 Å². The quantitative estimate of drug-likeness (QED) is 0.570. The molecule has 3 aromatic rings. The van der Waals surface area contributed by atoms with Crippen molar-refractivity contribution in [3.8, 4) is 0 Å². The van der Waals surface area contributed by atoms with Crippen LogP contribution in [0.3, 0.4) is 0 Å². The maximum absolute atomic E-state index is 13.5. The molecule has 31 heavy (non-hydrogen) atoms. The lowest BCUT2D eigenvalue weighted by Crippen LogP contribution is -2.48. The number of hydrogen-bond acceptors (Lipinski definition) is 3. The molecule has 0 bridgehead atoms. The Labute approximate surface area is 185 Å². The molecule has 2 aromatic carbocycles. The lowest BCUT2D eigenvalue weighted by Gasteiger charge is -2.38. The van der Waals surface area contributed by atoms with Crippen LogP contribution in [0.1, 0.15) is 46.3 Å². The first kappa shape index (κ1) is 21.2. The normalized spacial score (nSPS) is 15.6. The number of carbonyl (C=O) groups is 2. The third kappa shape index (κ3) is 4.39. The van der Waals surface area contributed by atoms with E-state index in [0.717, 1.165) is 17.5 Å². The minimum atomic E-state index is -0.303. The van der Waals surface area contributed by atoms with E-state index >= 15 is 0 Å². The molecule has 0 saturated heterocycles. The van der Waals surface area contributed by atoms with Crippen LogP contribution in [-0.4, -0.2) is 40.7 Å². The molecule has 0 aliphatic carbocycles. The third-order valence-electron chi connectivity index (χ3n) is 5.68. The van der Waals surface area contributed by atoms with Crippen molar-refractivity contribution in [3.63, 3.8) is 0 Å². The fourth-order valence-corrected chi connectivity index (χ4v) is 4.97. The minimum absolute atomic E-state index is 0.00254. The number of halogens is 1. The summed E-state index contributed by atoms with van der Waals surface area (Å²) < 4.78 is 13.5. The van der Waals surface area contributed by atoms with E-state index in [1.54, 1.807) is 40.5 Å². The molecule has 2 heterocycles. The summed E-state index contributed by atoms with van der Waals surface area (Å²) in [7, 11) is 0. The van der Waals surface area contributed by atoms with Crippen LogP contribution in [0.5, 0.6) is 0 Å². The van der Waals surface area contributed by atoms with Crippen LogP contribution in [-0.2, 0) is 11.2 Å². The molecule has 1 atom stereocenters. The van der Waals surface area contributed by atoms with Crippen molar-refractivity contribution in [1.29, 1.82) is 0 Å². The zero-order chi connectivity index (χ0) is 22.0. The first-order valence-electron chi connectivity index (χ1n) is 10.4. The molecule has 4 rings (SSSR count). The molecule has 1 aromatic heterocycles. The number of amides is 2. The first-order valence-corrected chi connectivity index (χ1v) is 11.3. The molecule has 0 radical (unpaired) electrons. The smallest absolute Gasteiger partial charge is 0.254 e. The molecule has 1 unspecified atom stereocenters. The second-order valence-corrected chi connectivity index (χ2v) is 8.98. The average Bonchev–Trinajstić information content (AvgIpc) is 3.26. The monoisotopic (exact) mass is 436 g/mol. The van der Waals surface area contributed by atoms with Crippen molar-refractivity contribution < 1.29 is 14.0 Å². The van der Waals surface area contributed by atoms with E-state index in [4.69, 9.17) is 0 Å². The predicted octanol–water partition coefficient (Wildman–Crippen LogP) is 4.91. The van der Waals surface area contributed by atoms with Gasteiger partial charge in [0.25, 0.3) is 5.91 Å². The van der Waals surface area contributed by atoms with E-state index < -0.39 is 0 Å². The Morgan fingerprint density at radius 3 is 2.48 bits per heavy atom. The van der Waals surface area contributed by atoms with Crippen molar-refractivity contribution in [2.45, 2.75) is 32.4 Å². The Kier molecular flexibility index (Phi) is 6.18. The predicted molar refractivity (Wildman–Crippen MR) is 121 cm³/mol. The highest BCUT2D eigenvalue weighted by Gasteiger charge is 2.34. The topological polar surface area (TPSA) is 40.6 Å². The van der Waals surface area contributed by atoms with Gasteiger partial charge >= 0.3 is 0 Å². The Hall–Kier alpha value is -2.99. The summed E-state index contributed by atoms with van der Waals surface area (Å²) in [4.78, 5) is 31.3. The zero-order valence-electron chi connectivity index (χ0n) is 17.6. The van der Waals surface area contributed by atoms with Crippen molar-refractivity contribution in [2.75, 3.05) is 13.1 Å².